The fourth-order valence-electron chi connectivity index (χ4n) is 1.26. The summed E-state index contributed by atoms with van der Waals surface area (Å²) in [6.45, 7) is 5.79. The van der Waals surface area contributed by atoms with Crippen LogP contribution in [0.4, 0.5) is 0 Å². The topological polar surface area (TPSA) is 62.2 Å². The number of aliphatic hydroxyl groups excluding tert-OH is 1. The molecule has 0 aliphatic rings. The van der Waals surface area contributed by atoms with Crippen molar-refractivity contribution in [2.24, 2.45) is 5.92 Å². The van der Waals surface area contributed by atoms with Crippen LogP contribution in [0.1, 0.15) is 24.5 Å². The van der Waals surface area contributed by atoms with Gasteiger partial charge in [-0.3, -0.25) is 4.79 Å². The second kappa shape index (κ2) is 5.96. The molecule has 90 valence electrons. The van der Waals surface area contributed by atoms with Crippen molar-refractivity contribution in [1.82, 2.24) is 10.3 Å². The Morgan fingerprint density at radius 1 is 1.62 bits per heavy atom. The summed E-state index contributed by atoms with van der Waals surface area (Å²) in [4.78, 5) is 15.9. The Kier molecular flexibility index (Phi) is 4.89. The van der Waals surface area contributed by atoms with E-state index in [0.29, 0.717) is 6.42 Å². The zero-order valence-electron chi connectivity index (χ0n) is 9.86. The number of hydrogen-bond donors (Lipinski definition) is 2. The molecule has 0 aliphatic carbocycles. The van der Waals surface area contributed by atoms with E-state index in [1.165, 1.54) is 0 Å². The van der Waals surface area contributed by atoms with Crippen LogP contribution in [0.25, 0.3) is 0 Å². The number of amides is 1. The third kappa shape index (κ3) is 3.90. The van der Waals surface area contributed by atoms with E-state index in [9.17, 15) is 4.79 Å². The third-order valence-electron chi connectivity index (χ3n) is 2.54. The second-order valence-corrected chi connectivity index (χ2v) is 5.11. The van der Waals surface area contributed by atoms with E-state index in [4.69, 9.17) is 5.11 Å². The molecular weight excluding hydrogens is 224 g/mol. The highest BCUT2D eigenvalue weighted by molar-refractivity contribution is 7.09. The molecule has 0 saturated heterocycles. The van der Waals surface area contributed by atoms with Gasteiger partial charge in [0.05, 0.1) is 17.1 Å². The summed E-state index contributed by atoms with van der Waals surface area (Å²) in [5.74, 6) is 0.0271. The molecule has 0 fully saturated rings. The Morgan fingerprint density at radius 3 is 2.81 bits per heavy atom. The molecule has 1 rings (SSSR count). The molecule has 0 aliphatic heterocycles. The highest BCUT2D eigenvalue weighted by Gasteiger charge is 2.14. The Morgan fingerprint density at radius 2 is 2.31 bits per heavy atom. The molecule has 2 unspecified atom stereocenters. The molecule has 1 heterocycles. The van der Waals surface area contributed by atoms with Crippen LogP contribution >= 0.6 is 11.3 Å². The number of carbonyl (C=O) groups excluding carboxylic acids is 1. The molecule has 1 amide bonds. The summed E-state index contributed by atoms with van der Waals surface area (Å²) in [7, 11) is 0. The van der Waals surface area contributed by atoms with Crippen molar-refractivity contribution in [3.63, 3.8) is 0 Å². The maximum atomic E-state index is 11.6. The van der Waals surface area contributed by atoms with Crippen molar-refractivity contribution in [2.45, 2.75) is 33.2 Å². The number of aliphatic hydroxyl groups is 1. The van der Waals surface area contributed by atoms with Gasteiger partial charge >= 0.3 is 0 Å². The zero-order valence-corrected chi connectivity index (χ0v) is 10.7. The van der Waals surface area contributed by atoms with E-state index in [1.54, 1.807) is 11.3 Å². The molecule has 4 nitrogen and oxygen atoms in total. The molecule has 2 N–H and O–H groups in total. The fourth-order valence-corrected chi connectivity index (χ4v) is 1.87. The molecule has 1 aromatic heterocycles. The first-order chi connectivity index (χ1) is 7.52. The zero-order chi connectivity index (χ0) is 12.1. The number of rotatable bonds is 5. The lowest BCUT2D eigenvalue weighted by molar-refractivity contribution is -0.121. The lowest BCUT2D eigenvalue weighted by atomic mass is 10.1. The van der Waals surface area contributed by atoms with Gasteiger partial charge in [0.2, 0.25) is 5.91 Å². The van der Waals surface area contributed by atoms with Crippen molar-refractivity contribution in [3.05, 3.63) is 16.1 Å². The van der Waals surface area contributed by atoms with E-state index in [1.807, 2.05) is 26.2 Å². The van der Waals surface area contributed by atoms with Gasteiger partial charge in [-0.05, 0) is 19.8 Å². The van der Waals surface area contributed by atoms with Crippen molar-refractivity contribution < 1.29 is 9.90 Å². The van der Waals surface area contributed by atoms with Gasteiger partial charge in [0.15, 0.2) is 0 Å². The Labute approximate surface area is 99.7 Å². The maximum absolute atomic E-state index is 11.6. The van der Waals surface area contributed by atoms with Gasteiger partial charge in [-0.25, -0.2) is 4.98 Å². The number of aryl methyl sites for hydroxylation is 1. The van der Waals surface area contributed by atoms with Gasteiger partial charge in [0.25, 0.3) is 0 Å². The van der Waals surface area contributed by atoms with Crippen LogP contribution < -0.4 is 5.32 Å². The van der Waals surface area contributed by atoms with Crippen molar-refractivity contribution in [2.75, 3.05) is 6.61 Å². The van der Waals surface area contributed by atoms with Gasteiger partial charge in [0, 0.05) is 18.0 Å². The fraction of sp³-hybridized carbons (Fsp3) is 0.636. The maximum Gasteiger partial charge on any atom is 0.226 e. The molecular formula is C11H18N2O2S. The summed E-state index contributed by atoms with van der Waals surface area (Å²) >= 11 is 1.54. The van der Waals surface area contributed by atoms with Gasteiger partial charge in [-0.2, -0.15) is 0 Å². The molecule has 0 aromatic carbocycles. The predicted molar refractivity (Wildman–Crippen MR) is 64.4 cm³/mol. The van der Waals surface area contributed by atoms with E-state index >= 15 is 0 Å². The van der Waals surface area contributed by atoms with Crippen LogP contribution in [-0.2, 0) is 11.2 Å². The molecule has 0 saturated carbocycles. The largest absolute Gasteiger partial charge is 0.396 e. The molecule has 16 heavy (non-hydrogen) atoms. The normalized spacial score (nSPS) is 14.5. The minimum absolute atomic E-state index is 0.0165. The van der Waals surface area contributed by atoms with Crippen molar-refractivity contribution in [3.8, 4) is 0 Å². The molecule has 2 atom stereocenters. The predicted octanol–water partition coefficient (Wildman–Crippen LogP) is 1.13. The molecule has 0 bridgehead atoms. The molecule has 0 spiro atoms. The quantitative estimate of drug-likeness (QED) is 0.813. The smallest absolute Gasteiger partial charge is 0.226 e. The summed E-state index contributed by atoms with van der Waals surface area (Å²) in [5, 5.41) is 14.7. The second-order valence-electron chi connectivity index (χ2n) is 4.05. The Balaban J connectivity index is 2.42. The summed E-state index contributed by atoms with van der Waals surface area (Å²) in [6.07, 6.45) is 0.312. The van der Waals surface area contributed by atoms with Crippen LogP contribution in [0.3, 0.4) is 0 Å². The molecule has 5 heteroatoms. The Bertz CT molecular complexity index is 352. The van der Waals surface area contributed by atoms with E-state index in [2.05, 4.69) is 10.3 Å². The number of hydrogen-bond acceptors (Lipinski definition) is 4. The average molecular weight is 242 g/mol. The van der Waals surface area contributed by atoms with E-state index in [0.717, 1.165) is 10.7 Å². The van der Waals surface area contributed by atoms with E-state index in [-0.39, 0.29) is 24.5 Å². The first kappa shape index (κ1) is 13.1. The van der Waals surface area contributed by atoms with Crippen LogP contribution in [0.15, 0.2) is 5.38 Å². The van der Waals surface area contributed by atoms with Gasteiger partial charge in [-0.1, -0.05) is 6.92 Å². The van der Waals surface area contributed by atoms with Crippen molar-refractivity contribution >= 4 is 17.2 Å². The summed E-state index contributed by atoms with van der Waals surface area (Å²) < 4.78 is 0. The minimum atomic E-state index is -0.0434. The average Bonchev–Trinajstić information content (AvgIpc) is 2.62. The highest BCUT2D eigenvalue weighted by Crippen LogP contribution is 2.08. The van der Waals surface area contributed by atoms with Gasteiger partial charge < -0.3 is 10.4 Å². The van der Waals surface area contributed by atoms with Gasteiger partial charge in [0.1, 0.15) is 0 Å². The minimum Gasteiger partial charge on any atom is -0.396 e. The highest BCUT2D eigenvalue weighted by atomic mass is 32.1. The monoisotopic (exact) mass is 242 g/mol. The number of nitrogens with zero attached hydrogens (tertiary/aromatic N) is 1. The lowest BCUT2D eigenvalue weighted by Crippen LogP contribution is -2.39. The van der Waals surface area contributed by atoms with E-state index < -0.39 is 0 Å². The van der Waals surface area contributed by atoms with Crippen LogP contribution in [0.2, 0.25) is 0 Å². The third-order valence-corrected chi connectivity index (χ3v) is 3.36. The number of thiazole rings is 1. The van der Waals surface area contributed by atoms with Crippen LogP contribution in [-0.4, -0.2) is 28.6 Å². The van der Waals surface area contributed by atoms with Gasteiger partial charge in [-0.15, -0.1) is 11.3 Å². The summed E-state index contributed by atoms with van der Waals surface area (Å²) in [5.41, 5.74) is 0.809. The first-order valence-electron chi connectivity index (χ1n) is 5.34. The lowest BCUT2D eigenvalue weighted by Gasteiger charge is -2.18. The van der Waals surface area contributed by atoms with Crippen LogP contribution in [0.5, 0.6) is 0 Å². The first-order valence-corrected chi connectivity index (χ1v) is 6.22. The summed E-state index contributed by atoms with van der Waals surface area (Å²) in [6, 6.07) is -0.0165. The molecule has 1 aromatic rings. The number of aromatic nitrogens is 1. The molecule has 0 radical (unpaired) electrons. The SMILES string of the molecule is Cc1nc(CC(=O)NC(C)C(C)CO)cs1. The number of nitrogens with one attached hydrogen (secondary N) is 1. The van der Waals surface area contributed by atoms with Crippen molar-refractivity contribution in [1.29, 1.82) is 0 Å². The van der Waals surface area contributed by atoms with Crippen LogP contribution in [0, 0.1) is 12.8 Å². The number of carbonyl (C=O) groups is 1. The standard InChI is InChI=1S/C11H18N2O2S/c1-7(5-14)8(2)12-11(15)4-10-6-16-9(3)13-10/h6-8,14H,4-5H2,1-3H3,(H,12,15). The Hall–Kier alpha value is -0.940.